The molecule has 0 N–H and O–H groups in total. The third kappa shape index (κ3) is 6.06. The van der Waals surface area contributed by atoms with Gasteiger partial charge in [-0.15, -0.1) is 0 Å². The highest BCUT2D eigenvalue weighted by molar-refractivity contribution is 5.82. The Hall–Kier alpha value is -2.87. The number of esters is 1. The zero-order chi connectivity index (χ0) is 15.5. The normalized spacial score (nSPS) is 11.5. The second-order valence-corrected chi connectivity index (χ2v) is 4.61. The zero-order valence-corrected chi connectivity index (χ0v) is 12.3. The van der Waals surface area contributed by atoms with Gasteiger partial charge >= 0.3 is 5.97 Å². The van der Waals surface area contributed by atoms with E-state index in [1.165, 1.54) is 6.08 Å². The zero-order valence-electron chi connectivity index (χ0n) is 12.3. The lowest BCUT2D eigenvalue weighted by Crippen LogP contribution is -2.00. The van der Waals surface area contributed by atoms with E-state index in [2.05, 4.69) is 0 Å². The summed E-state index contributed by atoms with van der Waals surface area (Å²) in [6.07, 6.45) is 10.7. The lowest BCUT2D eigenvalue weighted by Gasteiger charge is -2.00. The number of allylic oxidation sites excluding steroid dienone is 4. The van der Waals surface area contributed by atoms with Crippen LogP contribution in [-0.4, -0.2) is 5.97 Å². The van der Waals surface area contributed by atoms with E-state index < -0.39 is 0 Å². The molecule has 2 rings (SSSR count). The minimum Gasteiger partial charge on any atom is -0.458 e. The summed E-state index contributed by atoms with van der Waals surface area (Å²) in [5.74, 6) is -0.347. The Labute approximate surface area is 131 Å². The third-order valence-electron chi connectivity index (χ3n) is 2.88. The highest BCUT2D eigenvalue weighted by atomic mass is 16.5. The highest BCUT2D eigenvalue weighted by Crippen LogP contribution is 2.02. The molecule has 0 saturated heterocycles. The first-order chi connectivity index (χ1) is 10.8. The number of carbonyl (C=O) groups excluding carboxylic acids is 1. The number of carbonyl (C=O) groups is 1. The van der Waals surface area contributed by atoms with Crippen LogP contribution in [0.4, 0.5) is 0 Å². The average Bonchev–Trinajstić information content (AvgIpc) is 2.58. The Bertz CT molecular complexity index is 653. The van der Waals surface area contributed by atoms with Gasteiger partial charge in [0.1, 0.15) is 6.61 Å². The predicted molar refractivity (Wildman–Crippen MR) is 90.0 cm³/mol. The molecule has 0 amide bonds. The molecule has 0 bridgehead atoms. The van der Waals surface area contributed by atoms with Crippen LogP contribution < -0.4 is 0 Å². The standard InChI is InChI=1S/C20H18O2/c21-20(22-17-19-14-8-4-9-15-19)16-10-2-1-5-11-18-12-6-3-7-13-18/h1-16H,17H2/b2-1+,11-5+,16-10+. The molecule has 2 nitrogen and oxygen atoms in total. The SMILES string of the molecule is O=C(/C=C/C=C/C=C/c1ccccc1)OCc1ccccc1. The molecule has 0 saturated carbocycles. The van der Waals surface area contributed by atoms with Gasteiger partial charge in [0.2, 0.25) is 0 Å². The van der Waals surface area contributed by atoms with Crippen molar-refractivity contribution in [3.63, 3.8) is 0 Å². The Morgan fingerprint density at radius 2 is 1.45 bits per heavy atom. The van der Waals surface area contributed by atoms with Crippen molar-refractivity contribution in [1.29, 1.82) is 0 Å². The van der Waals surface area contributed by atoms with Crippen molar-refractivity contribution in [3.05, 3.63) is 102 Å². The summed E-state index contributed by atoms with van der Waals surface area (Å²) < 4.78 is 5.13. The Morgan fingerprint density at radius 1 is 0.818 bits per heavy atom. The van der Waals surface area contributed by atoms with Crippen molar-refractivity contribution in [1.82, 2.24) is 0 Å². The molecule has 0 aliphatic heterocycles. The molecule has 2 aromatic carbocycles. The minimum atomic E-state index is -0.347. The van der Waals surface area contributed by atoms with Gasteiger partial charge in [-0.25, -0.2) is 4.79 Å². The summed E-state index contributed by atoms with van der Waals surface area (Å²) in [5, 5.41) is 0. The van der Waals surface area contributed by atoms with Crippen molar-refractivity contribution < 1.29 is 9.53 Å². The van der Waals surface area contributed by atoms with Crippen molar-refractivity contribution in [3.8, 4) is 0 Å². The van der Waals surface area contributed by atoms with Gasteiger partial charge in [-0.2, -0.15) is 0 Å². The van der Waals surface area contributed by atoms with E-state index in [1.54, 1.807) is 12.2 Å². The number of hydrogen-bond donors (Lipinski definition) is 0. The van der Waals surface area contributed by atoms with Gasteiger partial charge in [0.15, 0.2) is 0 Å². The van der Waals surface area contributed by atoms with Crippen molar-refractivity contribution in [2.75, 3.05) is 0 Å². The molecule has 0 radical (unpaired) electrons. The predicted octanol–water partition coefficient (Wildman–Crippen LogP) is 4.56. The van der Waals surface area contributed by atoms with Crippen LogP contribution in [0.1, 0.15) is 11.1 Å². The van der Waals surface area contributed by atoms with Crippen LogP contribution in [0.25, 0.3) is 6.08 Å². The maximum atomic E-state index is 11.5. The molecule has 0 heterocycles. The lowest BCUT2D eigenvalue weighted by molar-refractivity contribution is -0.139. The van der Waals surface area contributed by atoms with Crippen LogP contribution in [0.2, 0.25) is 0 Å². The molecule has 22 heavy (non-hydrogen) atoms. The fraction of sp³-hybridized carbons (Fsp3) is 0.0500. The summed E-state index contributed by atoms with van der Waals surface area (Å²) in [6.45, 7) is 0.293. The van der Waals surface area contributed by atoms with E-state index in [-0.39, 0.29) is 5.97 Å². The molecule has 0 aliphatic rings. The van der Waals surface area contributed by atoms with Gasteiger partial charge in [0.25, 0.3) is 0 Å². The van der Waals surface area contributed by atoms with Crippen LogP contribution in [0.15, 0.2) is 91.0 Å². The van der Waals surface area contributed by atoms with E-state index in [0.717, 1.165) is 11.1 Å². The molecular weight excluding hydrogens is 272 g/mol. The van der Waals surface area contributed by atoms with Crippen LogP contribution in [0, 0.1) is 0 Å². The van der Waals surface area contributed by atoms with E-state index in [4.69, 9.17) is 4.74 Å². The summed E-state index contributed by atoms with van der Waals surface area (Å²) in [5.41, 5.74) is 2.11. The van der Waals surface area contributed by atoms with Crippen LogP contribution in [-0.2, 0) is 16.1 Å². The highest BCUT2D eigenvalue weighted by Gasteiger charge is 1.96. The molecule has 0 fully saturated rings. The monoisotopic (exact) mass is 290 g/mol. The molecule has 2 aromatic rings. The number of ether oxygens (including phenoxy) is 1. The molecule has 0 aromatic heterocycles. The van der Waals surface area contributed by atoms with Gasteiger partial charge in [-0.1, -0.05) is 91.0 Å². The molecular formula is C20H18O2. The smallest absolute Gasteiger partial charge is 0.331 e. The van der Waals surface area contributed by atoms with Crippen LogP contribution in [0.3, 0.4) is 0 Å². The number of rotatable bonds is 6. The number of benzene rings is 2. The Morgan fingerprint density at radius 3 is 2.18 bits per heavy atom. The summed E-state index contributed by atoms with van der Waals surface area (Å²) in [4.78, 5) is 11.5. The van der Waals surface area contributed by atoms with Crippen LogP contribution in [0.5, 0.6) is 0 Å². The third-order valence-corrected chi connectivity index (χ3v) is 2.88. The Balaban J connectivity index is 1.71. The van der Waals surface area contributed by atoms with Gasteiger partial charge in [0, 0.05) is 6.08 Å². The largest absolute Gasteiger partial charge is 0.458 e. The topological polar surface area (TPSA) is 26.3 Å². The quantitative estimate of drug-likeness (QED) is 0.443. The first-order valence-corrected chi connectivity index (χ1v) is 7.12. The van der Waals surface area contributed by atoms with Crippen molar-refractivity contribution in [2.24, 2.45) is 0 Å². The molecule has 0 spiro atoms. The van der Waals surface area contributed by atoms with Gasteiger partial charge in [0.05, 0.1) is 0 Å². The van der Waals surface area contributed by atoms with Gasteiger partial charge in [-0.3, -0.25) is 0 Å². The lowest BCUT2D eigenvalue weighted by atomic mass is 10.2. The molecule has 110 valence electrons. The minimum absolute atomic E-state index is 0.293. The van der Waals surface area contributed by atoms with E-state index >= 15 is 0 Å². The fourth-order valence-electron chi connectivity index (χ4n) is 1.77. The molecule has 0 unspecified atom stereocenters. The van der Waals surface area contributed by atoms with E-state index in [9.17, 15) is 4.79 Å². The fourth-order valence-corrected chi connectivity index (χ4v) is 1.77. The van der Waals surface area contributed by atoms with E-state index in [1.807, 2.05) is 78.9 Å². The number of hydrogen-bond acceptors (Lipinski definition) is 2. The maximum Gasteiger partial charge on any atom is 0.331 e. The van der Waals surface area contributed by atoms with E-state index in [0.29, 0.717) is 6.61 Å². The van der Waals surface area contributed by atoms with Gasteiger partial charge in [-0.05, 0) is 11.1 Å². The molecule has 2 heteroatoms. The summed E-state index contributed by atoms with van der Waals surface area (Å²) in [7, 11) is 0. The molecule has 0 atom stereocenters. The van der Waals surface area contributed by atoms with Crippen LogP contribution >= 0.6 is 0 Å². The van der Waals surface area contributed by atoms with Crippen molar-refractivity contribution in [2.45, 2.75) is 6.61 Å². The van der Waals surface area contributed by atoms with Crippen molar-refractivity contribution >= 4 is 12.0 Å². The summed E-state index contributed by atoms with van der Waals surface area (Å²) >= 11 is 0. The molecule has 0 aliphatic carbocycles. The second kappa shape index (κ2) is 9.14. The summed E-state index contributed by atoms with van der Waals surface area (Å²) in [6, 6.07) is 19.6. The maximum absolute atomic E-state index is 11.5. The first kappa shape index (κ1) is 15.5. The second-order valence-electron chi connectivity index (χ2n) is 4.61. The Kier molecular flexibility index (Phi) is 6.44. The van der Waals surface area contributed by atoms with Gasteiger partial charge < -0.3 is 4.74 Å². The first-order valence-electron chi connectivity index (χ1n) is 7.12. The average molecular weight is 290 g/mol.